The second kappa shape index (κ2) is 5.77. The third kappa shape index (κ3) is 2.82. The number of aromatic nitrogens is 3. The van der Waals surface area contributed by atoms with Crippen molar-refractivity contribution in [2.75, 3.05) is 6.54 Å². The first-order valence-corrected chi connectivity index (χ1v) is 5.68. The molecule has 0 spiro atoms. The van der Waals surface area contributed by atoms with Crippen LogP contribution in [-0.4, -0.2) is 27.4 Å². The van der Waals surface area contributed by atoms with E-state index in [0.29, 0.717) is 12.2 Å². The Hall–Kier alpha value is -2.43. The van der Waals surface area contributed by atoms with E-state index in [9.17, 15) is 4.79 Å². The van der Waals surface area contributed by atoms with E-state index in [4.69, 9.17) is 0 Å². The van der Waals surface area contributed by atoms with Gasteiger partial charge in [-0.2, -0.15) is 9.90 Å². The zero-order chi connectivity index (χ0) is 12.8. The second-order valence-corrected chi connectivity index (χ2v) is 3.69. The van der Waals surface area contributed by atoms with E-state index < -0.39 is 0 Å². The lowest BCUT2D eigenvalue weighted by Gasteiger charge is -1.99. The Balaban J connectivity index is 2.06. The molecule has 0 saturated carbocycles. The summed E-state index contributed by atoms with van der Waals surface area (Å²) in [5.74, 6) is -0.223. The van der Waals surface area contributed by atoms with Gasteiger partial charge in [0.1, 0.15) is 0 Å². The van der Waals surface area contributed by atoms with E-state index in [1.807, 2.05) is 30.3 Å². The maximum Gasteiger partial charge on any atom is 0.273 e. The summed E-state index contributed by atoms with van der Waals surface area (Å²) < 4.78 is 0. The highest BCUT2D eigenvalue weighted by atomic mass is 16.2. The molecule has 1 heterocycles. The lowest BCUT2D eigenvalue weighted by atomic mass is 10.3. The predicted octanol–water partition coefficient (Wildman–Crippen LogP) is 1.57. The molecular weight excluding hydrogens is 228 g/mol. The van der Waals surface area contributed by atoms with Gasteiger partial charge in [0.25, 0.3) is 5.91 Å². The minimum atomic E-state index is -0.223. The summed E-state index contributed by atoms with van der Waals surface area (Å²) in [4.78, 5) is 13.1. The van der Waals surface area contributed by atoms with Gasteiger partial charge in [0, 0.05) is 6.54 Å². The lowest BCUT2D eigenvalue weighted by molar-refractivity contribution is 0.0949. The first-order chi connectivity index (χ1) is 8.81. The maximum absolute atomic E-state index is 11.7. The van der Waals surface area contributed by atoms with Crippen molar-refractivity contribution >= 4 is 5.91 Å². The van der Waals surface area contributed by atoms with Crippen LogP contribution in [0.5, 0.6) is 0 Å². The van der Waals surface area contributed by atoms with Crippen molar-refractivity contribution in [3.63, 3.8) is 0 Å². The van der Waals surface area contributed by atoms with Gasteiger partial charge < -0.3 is 5.32 Å². The van der Waals surface area contributed by atoms with Gasteiger partial charge in [0.2, 0.25) is 0 Å². The molecule has 2 rings (SSSR count). The van der Waals surface area contributed by atoms with Gasteiger partial charge in [-0.05, 0) is 18.6 Å². The number of nitrogens with one attached hydrogen (secondary N) is 1. The van der Waals surface area contributed by atoms with Crippen LogP contribution in [0.3, 0.4) is 0 Å². The molecule has 5 nitrogen and oxygen atoms in total. The van der Waals surface area contributed by atoms with Crippen LogP contribution >= 0.6 is 0 Å². The van der Waals surface area contributed by atoms with Crippen LogP contribution in [0, 0.1) is 0 Å². The van der Waals surface area contributed by atoms with Crippen LogP contribution in [0.4, 0.5) is 0 Å². The Morgan fingerprint density at radius 2 is 2.17 bits per heavy atom. The number of amides is 1. The summed E-state index contributed by atoms with van der Waals surface area (Å²) in [6.07, 6.45) is 3.94. The molecule has 18 heavy (non-hydrogen) atoms. The van der Waals surface area contributed by atoms with Gasteiger partial charge >= 0.3 is 0 Å². The van der Waals surface area contributed by atoms with Crippen molar-refractivity contribution in [1.29, 1.82) is 0 Å². The number of carbonyl (C=O) groups is 1. The molecule has 0 unspecified atom stereocenters. The number of rotatable bonds is 5. The quantitative estimate of drug-likeness (QED) is 0.639. The second-order valence-electron chi connectivity index (χ2n) is 3.69. The Morgan fingerprint density at radius 1 is 1.39 bits per heavy atom. The summed E-state index contributed by atoms with van der Waals surface area (Å²) in [5.41, 5.74) is 1.13. The molecule has 0 atom stereocenters. The Kier molecular flexibility index (Phi) is 3.86. The fourth-order valence-electron chi connectivity index (χ4n) is 1.43. The van der Waals surface area contributed by atoms with Gasteiger partial charge in [-0.1, -0.05) is 24.3 Å². The highest BCUT2D eigenvalue weighted by Crippen LogP contribution is 2.04. The fourth-order valence-corrected chi connectivity index (χ4v) is 1.43. The SMILES string of the molecule is C=CCCNC(=O)c1cnn(-c2ccccc2)n1. The molecule has 0 aliphatic carbocycles. The number of carbonyl (C=O) groups excluding carboxylic acids is 1. The average Bonchev–Trinajstić information content (AvgIpc) is 2.89. The summed E-state index contributed by atoms with van der Waals surface area (Å²) in [6.45, 7) is 4.15. The van der Waals surface area contributed by atoms with E-state index in [1.165, 1.54) is 11.0 Å². The number of nitrogens with zero attached hydrogens (tertiary/aromatic N) is 3. The highest BCUT2D eigenvalue weighted by molar-refractivity contribution is 5.91. The summed E-state index contributed by atoms with van der Waals surface area (Å²) in [7, 11) is 0. The monoisotopic (exact) mass is 242 g/mol. The van der Waals surface area contributed by atoms with Gasteiger partial charge in [-0.25, -0.2) is 0 Å². The van der Waals surface area contributed by atoms with Crippen LogP contribution < -0.4 is 5.32 Å². The summed E-state index contributed by atoms with van der Waals surface area (Å²) >= 11 is 0. The van der Waals surface area contributed by atoms with Crippen LogP contribution in [0.15, 0.2) is 49.2 Å². The highest BCUT2D eigenvalue weighted by Gasteiger charge is 2.10. The third-order valence-corrected chi connectivity index (χ3v) is 2.35. The van der Waals surface area contributed by atoms with Gasteiger partial charge in [0.05, 0.1) is 11.9 Å². The topological polar surface area (TPSA) is 59.8 Å². The van der Waals surface area contributed by atoms with Gasteiger partial charge in [0.15, 0.2) is 5.69 Å². The number of hydrogen-bond acceptors (Lipinski definition) is 3. The van der Waals surface area contributed by atoms with Crippen molar-refractivity contribution in [3.8, 4) is 5.69 Å². The number of para-hydroxylation sites is 1. The Bertz CT molecular complexity index is 533. The molecule has 1 aromatic heterocycles. The summed E-state index contributed by atoms with van der Waals surface area (Å²) in [5, 5.41) is 10.9. The zero-order valence-electron chi connectivity index (χ0n) is 9.91. The minimum Gasteiger partial charge on any atom is -0.350 e. The van der Waals surface area contributed by atoms with Crippen LogP contribution in [0.25, 0.3) is 5.69 Å². The molecule has 0 radical (unpaired) electrons. The van der Waals surface area contributed by atoms with Crippen molar-refractivity contribution in [2.24, 2.45) is 0 Å². The van der Waals surface area contributed by atoms with Gasteiger partial charge in [-0.15, -0.1) is 11.7 Å². The molecule has 0 fully saturated rings. The first-order valence-electron chi connectivity index (χ1n) is 5.68. The standard InChI is InChI=1S/C13H14N4O/c1-2-3-9-14-13(18)12-10-15-17(16-12)11-7-5-4-6-8-11/h2,4-8,10H,1,3,9H2,(H,14,18). The van der Waals surface area contributed by atoms with E-state index in [0.717, 1.165) is 12.1 Å². The van der Waals surface area contributed by atoms with Crippen LogP contribution in [0.1, 0.15) is 16.9 Å². The first kappa shape index (κ1) is 12.0. The number of benzene rings is 1. The van der Waals surface area contributed by atoms with Crippen molar-refractivity contribution in [2.45, 2.75) is 6.42 Å². The molecule has 0 aliphatic rings. The summed E-state index contributed by atoms with van der Waals surface area (Å²) in [6, 6.07) is 9.44. The molecule has 0 bridgehead atoms. The van der Waals surface area contributed by atoms with Crippen LogP contribution in [-0.2, 0) is 0 Å². The van der Waals surface area contributed by atoms with E-state index in [-0.39, 0.29) is 5.91 Å². The average molecular weight is 242 g/mol. The molecule has 5 heteroatoms. The molecule has 0 aliphatic heterocycles. The van der Waals surface area contributed by atoms with Crippen LogP contribution in [0.2, 0.25) is 0 Å². The normalized spacial score (nSPS) is 10.0. The van der Waals surface area contributed by atoms with E-state index in [2.05, 4.69) is 22.1 Å². The smallest absolute Gasteiger partial charge is 0.273 e. The maximum atomic E-state index is 11.7. The Labute approximate surface area is 105 Å². The number of hydrogen-bond donors (Lipinski definition) is 1. The Morgan fingerprint density at radius 3 is 2.89 bits per heavy atom. The third-order valence-electron chi connectivity index (χ3n) is 2.35. The van der Waals surface area contributed by atoms with Crippen molar-refractivity contribution < 1.29 is 4.79 Å². The fraction of sp³-hybridized carbons (Fsp3) is 0.154. The molecular formula is C13H14N4O. The molecule has 1 amide bonds. The van der Waals surface area contributed by atoms with Crippen molar-refractivity contribution in [3.05, 3.63) is 54.9 Å². The van der Waals surface area contributed by atoms with Crippen molar-refractivity contribution in [1.82, 2.24) is 20.3 Å². The molecule has 0 saturated heterocycles. The minimum absolute atomic E-state index is 0.223. The lowest BCUT2D eigenvalue weighted by Crippen LogP contribution is -2.24. The zero-order valence-corrected chi connectivity index (χ0v) is 9.91. The predicted molar refractivity (Wildman–Crippen MR) is 68.5 cm³/mol. The van der Waals surface area contributed by atoms with E-state index in [1.54, 1.807) is 6.08 Å². The molecule has 1 aromatic carbocycles. The van der Waals surface area contributed by atoms with Gasteiger partial charge in [-0.3, -0.25) is 4.79 Å². The molecule has 1 N–H and O–H groups in total. The van der Waals surface area contributed by atoms with E-state index >= 15 is 0 Å². The molecule has 2 aromatic rings. The largest absolute Gasteiger partial charge is 0.350 e. The molecule has 92 valence electrons.